The molecular formula is C11H9FN2O3. The summed E-state index contributed by atoms with van der Waals surface area (Å²) in [6.45, 7) is 1.63. The van der Waals surface area contributed by atoms with Gasteiger partial charge in [-0.1, -0.05) is 6.92 Å². The van der Waals surface area contributed by atoms with Gasteiger partial charge < -0.3 is 10.4 Å². The molecule has 88 valence electrons. The Morgan fingerprint density at radius 1 is 1.53 bits per heavy atom. The van der Waals surface area contributed by atoms with Crippen molar-refractivity contribution in [3.63, 3.8) is 0 Å². The van der Waals surface area contributed by atoms with Gasteiger partial charge in [-0.2, -0.15) is 5.26 Å². The first-order chi connectivity index (χ1) is 8.01. The molecule has 0 aliphatic rings. The molecule has 0 aliphatic heterocycles. The number of hydrogen-bond donors (Lipinski definition) is 2. The van der Waals surface area contributed by atoms with Crippen LogP contribution in [0, 0.1) is 17.1 Å². The molecule has 1 amide bonds. The molecule has 0 aromatic heterocycles. The Balaban J connectivity index is 3.29. The zero-order valence-corrected chi connectivity index (χ0v) is 8.95. The zero-order chi connectivity index (χ0) is 13.0. The summed E-state index contributed by atoms with van der Waals surface area (Å²) in [6.07, 6.45) is 0.233. The van der Waals surface area contributed by atoms with Crippen molar-refractivity contribution in [2.75, 3.05) is 5.32 Å². The fourth-order valence-electron chi connectivity index (χ4n) is 1.37. The molecule has 0 heterocycles. The largest absolute Gasteiger partial charge is 0.474 e. The number of anilines is 1. The normalized spacial score (nSPS) is 9.47. The molecule has 0 saturated carbocycles. The highest BCUT2D eigenvalue weighted by atomic mass is 19.1. The molecule has 6 heteroatoms. The minimum absolute atomic E-state index is 0.0258. The summed E-state index contributed by atoms with van der Waals surface area (Å²) in [5.41, 5.74) is 0.0545. The second-order valence-electron chi connectivity index (χ2n) is 3.17. The van der Waals surface area contributed by atoms with E-state index < -0.39 is 17.7 Å². The quantitative estimate of drug-likeness (QED) is 0.757. The van der Waals surface area contributed by atoms with E-state index in [-0.39, 0.29) is 23.2 Å². The first-order valence-electron chi connectivity index (χ1n) is 4.77. The number of carboxylic acids is 1. The topological polar surface area (TPSA) is 90.2 Å². The Morgan fingerprint density at radius 2 is 2.18 bits per heavy atom. The molecule has 0 bridgehead atoms. The number of carbonyl (C=O) groups excluding carboxylic acids is 1. The van der Waals surface area contributed by atoms with E-state index in [0.717, 1.165) is 6.07 Å². The monoisotopic (exact) mass is 236 g/mol. The number of nitrogens with zero attached hydrogens (tertiary/aromatic N) is 1. The molecule has 1 aromatic rings. The van der Waals surface area contributed by atoms with E-state index in [2.05, 4.69) is 0 Å². The molecular weight excluding hydrogens is 227 g/mol. The molecule has 0 unspecified atom stereocenters. The van der Waals surface area contributed by atoms with E-state index in [1.807, 2.05) is 5.32 Å². The van der Waals surface area contributed by atoms with Crippen LogP contribution in [0.25, 0.3) is 0 Å². The summed E-state index contributed by atoms with van der Waals surface area (Å²) in [5.74, 6) is -3.59. The maximum Gasteiger partial charge on any atom is 0.394 e. The molecule has 2 N–H and O–H groups in total. The number of rotatable bonds is 2. The van der Waals surface area contributed by atoms with Crippen molar-refractivity contribution in [1.82, 2.24) is 0 Å². The van der Waals surface area contributed by atoms with Gasteiger partial charge in [-0.05, 0) is 18.6 Å². The van der Waals surface area contributed by atoms with Gasteiger partial charge in [0.15, 0.2) is 0 Å². The number of nitriles is 1. The lowest BCUT2D eigenvalue weighted by Gasteiger charge is -2.10. The van der Waals surface area contributed by atoms with Crippen molar-refractivity contribution >= 4 is 17.6 Å². The van der Waals surface area contributed by atoms with E-state index in [9.17, 15) is 14.0 Å². The standard InChI is InChI=1S/C11H9FN2O3/c1-2-7-8(12)4-3-6(5-13)9(7)14-10(15)11(16)17/h3-4H,2H2,1H3,(H,14,15)(H,16,17). The molecule has 1 rings (SSSR count). The lowest BCUT2D eigenvalue weighted by Crippen LogP contribution is -2.23. The fourth-order valence-corrected chi connectivity index (χ4v) is 1.37. The van der Waals surface area contributed by atoms with Gasteiger partial charge in [0, 0.05) is 5.56 Å². The van der Waals surface area contributed by atoms with Gasteiger partial charge >= 0.3 is 11.9 Å². The summed E-state index contributed by atoms with van der Waals surface area (Å²) in [7, 11) is 0. The first-order valence-corrected chi connectivity index (χ1v) is 4.77. The van der Waals surface area contributed by atoms with Crippen LogP contribution in [-0.4, -0.2) is 17.0 Å². The van der Waals surface area contributed by atoms with E-state index >= 15 is 0 Å². The van der Waals surface area contributed by atoms with Gasteiger partial charge in [0.2, 0.25) is 0 Å². The van der Waals surface area contributed by atoms with Crippen LogP contribution < -0.4 is 5.32 Å². The van der Waals surface area contributed by atoms with Gasteiger partial charge in [0.1, 0.15) is 11.9 Å². The second-order valence-corrected chi connectivity index (χ2v) is 3.17. The number of aliphatic carboxylic acids is 1. The van der Waals surface area contributed by atoms with Crippen molar-refractivity contribution in [2.45, 2.75) is 13.3 Å². The lowest BCUT2D eigenvalue weighted by molar-refractivity contribution is -0.147. The maximum absolute atomic E-state index is 13.4. The number of carbonyl (C=O) groups is 2. The molecule has 17 heavy (non-hydrogen) atoms. The number of nitrogens with one attached hydrogen (secondary N) is 1. The SMILES string of the molecule is CCc1c(F)ccc(C#N)c1NC(=O)C(=O)O. The van der Waals surface area contributed by atoms with Crippen LogP contribution in [0.4, 0.5) is 10.1 Å². The molecule has 5 nitrogen and oxygen atoms in total. The minimum Gasteiger partial charge on any atom is -0.474 e. The van der Waals surface area contributed by atoms with E-state index in [1.165, 1.54) is 6.07 Å². The molecule has 0 saturated heterocycles. The summed E-state index contributed by atoms with van der Waals surface area (Å²) >= 11 is 0. The Kier molecular flexibility index (Phi) is 3.78. The van der Waals surface area contributed by atoms with Crippen LogP contribution in [0.2, 0.25) is 0 Å². The average molecular weight is 236 g/mol. The molecule has 0 fully saturated rings. The maximum atomic E-state index is 13.4. The summed E-state index contributed by atoms with van der Waals surface area (Å²) in [4.78, 5) is 21.4. The first kappa shape index (κ1) is 12.6. The van der Waals surface area contributed by atoms with E-state index in [1.54, 1.807) is 13.0 Å². The van der Waals surface area contributed by atoms with Crippen LogP contribution in [0.5, 0.6) is 0 Å². The second kappa shape index (κ2) is 5.07. The molecule has 0 atom stereocenters. The van der Waals surface area contributed by atoms with E-state index in [4.69, 9.17) is 10.4 Å². The van der Waals surface area contributed by atoms with Gasteiger partial charge in [-0.3, -0.25) is 4.79 Å². The van der Waals surface area contributed by atoms with Crippen LogP contribution in [0.3, 0.4) is 0 Å². The van der Waals surface area contributed by atoms with Crippen molar-refractivity contribution in [3.8, 4) is 6.07 Å². The summed E-state index contributed by atoms with van der Waals surface area (Å²) in [5, 5.41) is 19.3. The summed E-state index contributed by atoms with van der Waals surface area (Å²) < 4.78 is 13.4. The number of hydrogen-bond acceptors (Lipinski definition) is 3. The van der Waals surface area contributed by atoms with Crippen LogP contribution in [0.15, 0.2) is 12.1 Å². The van der Waals surface area contributed by atoms with Crippen LogP contribution in [0.1, 0.15) is 18.1 Å². The molecule has 0 aliphatic carbocycles. The summed E-state index contributed by atoms with van der Waals surface area (Å²) in [6, 6.07) is 4.06. The fraction of sp³-hybridized carbons (Fsp3) is 0.182. The number of carboxylic acid groups (broad SMARTS) is 1. The van der Waals surface area contributed by atoms with Gasteiger partial charge in [0.25, 0.3) is 0 Å². The smallest absolute Gasteiger partial charge is 0.394 e. The molecule has 0 radical (unpaired) electrons. The molecule has 1 aromatic carbocycles. The highest BCUT2D eigenvalue weighted by Crippen LogP contribution is 2.24. The third-order valence-corrected chi connectivity index (χ3v) is 2.16. The van der Waals surface area contributed by atoms with Gasteiger partial charge in [0.05, 0.1) is 11.3 Å². The number of halogens is 1. The van der Waals surface area contributed by atoms with Crippen molar-refractivity contribution < 1.29 is 19.1 Å². The predicted molar refractivity (Wildman–Crippen MR) is 56.8 cm³/mol. The highest BCUT2D eigenvalue weighted by molar-refractivity contribution is 6.36. The zero-order valence-electron chi connectivity index (χ0n) is 8.95. The Labute approximate surface area is 96.5 Å². The lowest BCUT2D eigenvalue weighted by atomic mass is 10.0. The number of amides is 1. The Morgan fingerprint density at radius 3 is 2.65 bits per heavy atom. The minimum atomic E-state index is -1.69. The predicted octanol–water partition coefficient (Wildman–Crippen LogP) is 1.28. The molecule has 0 spiro atoms. The third-order valence-electron chi connectivity index (χ3n) is 2.16. The van der Waals surface area contributed by atoms with Crippen LogP contribution >= 0.6 is 0 Å². The highest BCUT2D eigenvalue weighted by Gasteiger charge is 2.18. The van der Waals surface area contributed by atoms with Crippen LogP contribution in [-0.2, 0) is 16.0 Å². The Hall–Kier alpha value is -2.42. The Bertz CT molecular complexity index is 520. The van der Waals surface area contributed by atoms with Crippen molar-refractivity contribution in [1.29, 1.82) is 5.26 Å². The van der Waals surface area contributed by atoms with Crippen molar-refractivity contribution in [2.24, 2.45) is 0 Å². The van der Waals surface area contributed by atoms with E-state index in [0.29, 0.717) is 0 Å². The van der Waals surface area contributed by atoms with Gasteiger partial charge in [-0.25, -0.2) is 9.18 Å². The third kappa shape index (κ3) is 2.58. The number of benzene rings is 1. The average Bonchev–Trinajstić information content (AvgIpc) is 2.29. The van der Waals surface area contributed by atoms with Gasteiger partial charge in [-0.15, -0.1) is 0 Å². The van der Waals surface area contributed by atoms with Crippen molar-refractivity contribution in [3.05, 3.63) is 29.1 Å².